The van der Waals surface area contributed by atoms with Gasteiger partial charge in [0.2, 0.25) is 0 Å². The van der Waals surface area contributed by atoms with Crippen molar-refractivity contribution >= 4 is 15.9 Å². The number of hydrogen-bond acceptors (Lipinski definition) is 3. The van der Waals surface area contributed by atoms with Gasteiger partial charge in [-0.2, -0.15) is 8.42 Å². The molecule has 0 N–H and O–H groups in total. The van der Waals surface area contributed by atoms with Crippen molar-refractivity contribution in [1.29, 1.82) is 0 Å². The maximum absolute atomic E-state index is 12.1. The van der Waals surface area contributed by atoms with E-state index in [-0.39, 0.29) is 0 Å². The summed E-state index contributed by atoms with van der Waals surface area (Å²) in [6.45, 7) is 0. The zero-order chi connectivity index (χ0) is 13.0. The molecule has 0 aromatic heterocycles. The summed E-state index contributed by atoms with van der Waals surface area (Å²) in [7, 11) is -3.50. The molecule has 98 valence electrons. The SMILES string of the molecule is O=S1(=O)N=C(N2C3C=CCC2CC3)c2ccccc21. The first-order chi connectivity index (χ1) is 9.17. The molecule has 3 heterocycles. The zero-order valence-corrected chi connectivity index (χ0v) is 11.2. The molecule has 3 aliphatic heterocycles. The van der Waals surface area contributed by atoms with Crippen LogP contribution >= 0.6 is 0 Å². The Balaban J connectivity index is 1.88. The molecule has 19 heavy (non-hydrogen) atoms. The van der Waals surface area contributed by atoms with Crippen LogP contribution in [0.4, 0.5) is 0 Å². The standard InChI is InChI=1S/C14H14N2O2S/c17-19(18)13-7-2-1-6-12(13)14(15-19)16-10-4-3-5-11(16)9-8-10/h1-4,6-7,10-11H,5,8-9H2. The van der Waals surface area contributed by atoms with E-state index in [4.69, 9.17) is 0 Å². The van der Waals surface area contributed by atoms with Crippen LogP contribution in [-0.4, -0.2) is 31.2 Å². The maximum Gasteiger partial charge on any atom is 0.285 e. The van der Waals surface area contributed by atoms with Gasteiger partial charge < -0.3 is 4.90 Å². The van der Waals surface area contributed by atoms with Crippen molar-refractivity contribution in [3.8, 4) is 0 Å². The number of rotatable bonds is 0. The highest BCUT2D eigenvalue weighted by Gasteiger charge is 2.41. The van der Waals surface area contributed by atoms with Crippen molar-refractivity contribution in [3.63, 3.8) is 0 Å². The third-order valence-electron chi connectivity index (χ3n) is 4.17. The summed E-state index contributed by atoms with van der Waals surface area (Å²) in [6, 6.07) is 7.82. The van der Waals surface area contributed by atoms with Gasteiger partial charge in [0, 0.05) is 17.6 Å². The van der Waals surface area contributed by atoms with Crippen molar-refractivity contribution in [2.24, 2.45) is 4.40 Å². The number of benzene rings is 1. The monoisotopic (exact) mass is 274 g/mol. The summed E-state index contributed by atoms with van der Waals surface area (Å²) in [4.78, 5) is 2.54. The predicted molar refractivity (Wildman–Crippen MR) is 72.6 cm³/mol. The van der Waals surface area contributed by atoms with Crippen LogP contribution in [0.2, 0.25) is 0 Å². The summed E-state index contributed by atoms with van der Waals surface area (Å²) < 4.78 is 28.2. The highest BCUT2D eigenvalue weighted by Crippen LogP contribution is 2.37. The Morgan fingerprint density at radius 1 is 1.21 bits per heavy atom. The van der Waals surface area contributed by atoms with Crippen LogP contribution in [0.3, 0.4) is 0 Å². The molecule has 1 saturated heterocycles. The van der Waals surface area contributed by atoms with Crippen molar-refractivity contribution < 1.29 is 8.42 Å². The van der Waals surface area contributed by atoms with E-state index in [1.54, 1.807) is 12.1 Å². The Labute approximate surface area is 112 Å². The normalized spacial score (nSPS) is 30.3. The van der Waals surface area contributed by atoms with Crippen molar-refractivity contribution in [2.75, 3.05) is 0 Å². The first kappa shape index (κ1) is 11.2. The fourth-order valence-electron chi connectivity index (χ4n) is 3.33. The van der Waals surface area contributed by atoms with Crippen molar-refractivity contribution in [1.82, 2.24) is 4.90 Å². The van der Waals surface area contributed by atoms with Gasteiger partial charge in [0.25, 0.3) is 10.0 Å². The minimum absolute atomic E-state index is 0.304. The van der Waals surface area contributed by atoms with Crippen molar-refractivity contribution in [3.05, 3.63) is 42.0 Å². The zero-order valence-electron chi connectivity index (χ0n) is 10.4. The third kappa shape index (κ3) is 1.51. The van der Waals surface area contributed by atoms with Crippen LogP contribution in [0.25, 0.3) is 0 Å². The van der Waals surface area contributed by atoms with Crippen LogP contribution < -0.4 is 0 Å². The summed E-state index contributed by atoms with van der Waals surface area (Å²) in [5.41, 5.74) is 0.759. The molecule has 0 amide bonds. The average molecular weight is 274 g/mol. The quantitative estimate of drug-likeness (QED) is 0.679. The van der Waals surface area contributed by atoms with Crippen LogP contribution in [-0.2, 0) is 10.0 Å². The molecule has 0 saturated carbocycles. The van der Waals surface area contributed by atoms with E-state index < -0.39 is 10.0 Å². The lowest BCUT2D eigenvalue weighted by atomic mass is 10.1. The van der Waals surface area contributed by atoms with E-state index in [1.165, 1.54) is 0 Å². The second kappa shape index (κ2) is 3.70. The molecule has 2 atom stereocenters. The summed E-state index contributed by atoms with van der Waals surface area (Å²) in [6.07, 6.45) is 7.56. The number of hydrogen-bond donors (Lipinski definition) is 0. The molecule has 3 aliphatic rings. The summed E-state index contributed by atoms with van der Waals surface area (Å²) in [5, 5.41) is 0. The maximum atomic E-state index is 12.1. The number of sulfonamides is 1. The van der Waals surface area contributed by atoms with E-state index in [1.807, 2.05) is 12.1 Å². The van der Waals surface area contributed by atoms with Crippen molar-refractivity contribution in [2.45, 2.75) is 36.2 Å². The van der Waals surface area contributed by atoms with Gasteiger partial charge in [-0.3, -0.25) is 0 Å². The van der Waals surface area contributed by atoms with Gasteiger partial charge >= 0.3 is 0 Å². The molecule has 1 fully saturated rings. The van der Waals surface area contributed by atoms with E-state index in [2.05, 4.69) is 21.4 Å². The Morgan fingerprint density at radius 3 is 2.89 bits per heavy atom. The first-order valence-corrected chi connectivity index (χ1v) is 8.00. The largest absolute Gasteiger partial charge is 0.346 e. The molecule has 0 aliphatic carbocycles. The van der Waals surface area contributed by atoms with E-state index in [0.717, 1.165) is 24.8 Å². The van der Waals surface area contributed by atoms with Gasteiger partial charge in [0.1, 0.15) is 4.90 Å². The lowest BCUT2D eigenvalue weighted by molar-refractivity contribution is 0.336. The average Bonchev–Trinajstić information content (AvgIpc) is 2.80. The second-order valence-corrected chi connectivity index (χ2v) is 6.83. The minimum Gasteiger partial charge on any atom is -0.346 e. The van der Waals surface area contributed by atoms with Gasteiger partial charge in [-0.05, 0) is 31.4 Å². The van der Waals surface area contributed by atoms with E-state index in [9.17, 15) is 8.42 Å². The van der Waals surface area contributed by atoms with Crippen LogP contribution in [0.15, 0.2) is 45.7 Å². The Morgan fingerprint density at radius 2 is 2.05 bits per heavy atom. The number of nitrogens with zero attached hydrogens (tertiary/aromatic N) is 2. The molecule has 2 bridgehead atoms. The molecule has 4 nitrogen and oxygen atoms in total. The molecule has 5 heteroatoms. The topological polar surface area (TPSA) is 49.7 Å². The third-order valence-corrected chi connectivity index (χ3v) is 5.49. The summed E-state index contributed by atoms with van der Waals surface area (Å²) in [5.74, 6) is 0.646. The molecule has 0 spiro atoms. The minimum atomic E-state index is -3.50. The molecular weight excluding hydrogens is 260 g/mol. The van der Waals surface area contributed by atoms with Gasteiger partial charge in [0.05, 0.1) is 0 Å². The first-order valence-electron chi connectivity index (χ1n) is 6.56. The summed E-state index contributed by atoms with van der Waals surface area (Å²) >= 11 is 0. The second-order valence-electron chi connectivity index (χ2n) is 5.26. The van der Waals surface area contributed by atoms with Crippen LogP contribution in [0, 0.1) is 0 Å². The van der Waals surface area contributed by atoms with E-state index in [0.29, 0.717) is 22.8 Å². The number of amidine groups is 1. The highest BCUT2D eigenvalue weighted by molar-refractivity contribution is 7.90. The van der Waals surface area contributed by atoms with Gasteiger partial charge in [-0.15, -0.1) is 4.40 Å². The Bertz CT molecular complexity index is 706. The highest BCUT2D eigenvalue weighted by atomic mass is 32.2. The lowest BCUT2D eigenvalue weighted by Crippen LogP contribution is -2.42. The fourth-order valence-corrected chi connectivity index (χ4v) is 4.54. The fraction of sp³-hybridized carbons (Fsp3) is 0.357. The smallest absolute Gasteiger partial charge is 0.285 e. The van der Waals surface area contributed by atoms with Crippen LogP contribution in [0.1, 0.15) is 24.8 Å². The van der Waals surface area contributed by atoms with Gasteiger partial charge in [0.15, 0.2) is 5.84 Å². The molecule has 0 radical (unpaired) electrons. The molecule has 4 rings (SSSR count). The van der Waals surface area contributed by atoms with Gasteiger partial charge in [-0.1, -0.05) is 24.3 Å². The Kier molecular flexibility index (Phi) is 2.18. The number of fused-ring (bicyclic) bond motifs is 3. The lowest BCUT2D eigenvalue weighted by Gasteiger charge is -2.33. The molecule has 1 aromatic carbocycles. The Hall–Kier alpha value is -1.62. The molecule has 2 unspecified atom stereocenters. The predicted octanol–water partition coefficient (Wildman–Crippen LogP) is 1.93. The van der Waals surface area contributed by atoms with E-state index >= 15 is 0 Å². The van der Waals surface area contributed by atoms with Gasteiger partial charge in [-0.25, -0.2) is 0 Å². The molecular formula is C14H14N2O2S. The molecule has 1 aromatic rings. The van der Waals surface area contributed by atoms with Crippen LogP contribution in [0.5, 0.6) is 0 Å².